The van der Waals surface area contributed by atoms with Crippen molar-refractivity contribution in [2.75, 3.05) is 38.3 Å². The summed E-state index contributed by atoms with van der Waals surface area (Å²) in [6.45, 7) is 6.82. The molecule has 7 heteroatoms. The number of rotatable bonds is 4. The molecule has 0 spiro atoms. The normalized spacial score (nSPS) is 18.7. The van der Waals surface area contributed by atoms with Crippen molar-refractivity contribution in [2.45, 2.75) is 20.0 Å². The second-order valence-corrected chi connectivity index (χ2v) is 5.48. The first kappa shape index (κ1) is 14.9. The second kappa shape index (κ2) is 6.41. The summed E-state index contributed by atoms with van der Waals surface area (Å²) < 4.78 is 12.6. The minimum Gasteiger partial charge on any atom is -0.382 e. The summed E-state index contributed by atoms with van der Waals surface area (Å²) in [5.74, 6) is 1.59. The van der Waals surface area contributed by atoms with Crippen molar-refractivity contribution in [3.8, 4) is 5.82 Å². The Balaban J connectivity index is 1.75. The highest BCUT2D eigenvalue weighted by Gasteiger charge is 2.21. The fraction of sp³-hybridized carbons (Fsp3) is 0.533. The highest BCUT2D eigenvalue weighted by atomic mass is 16.5. The van der Waals surface area contributed by atoms with Crippen LogP contribution in [0.25, 0.3) is 5.82 Å². The van der Waals surface area contributed by atoms with E-state index in [-0.39, 0.29) is 6.10 Å². The van der Waals surface area contributed by atoms with Gasteiger partial charge in [-0.05, 0) is 32.0 Å². The second-order valence-electron chi connectivity index (χ2n) is 5.48. The zero-order valence-corrected chi connectivity index (χ0v) is 13.2. The third kappa shape index (κ3) is 3.10. The standard InChI is InChI=1S/C15H21N5O2/c1-11-8-12(2)20(18-11)15-5-4-14(16-17-15)19-6-7-22-13(9-19)10-21-3/h4-5,8,13H,6-7,9-10H2,1-3H3. The minimum atomic E-state index is 0.0798. The van der Waals surface area contributed by atoms with Crippen molar-refractivity contribution in [2.24, 2.45) is 0 Å². The van der Waals surface area contributed by atoms with Crippen LogP contribution < -0.4 is 4.90 Å². The molecule has 1 fully saturated rings. The molecule has 2 aromatic rings. The Hall–Kier alpha value is -1.99. The molecule has 7 nitrogen and oxygen atoms in total. The molecule has 1 atom stereocenters. The van der Waals surface area contributed by atoms with Gasteiger partial charge in [0, 0.05) is 25.9 Å². The largest absolute Gasteiger partial charge is 0.382 e. The van der Waals surface area contributed by atoms with Crippen LogP contribution in [0.15, 0.2) is 18.2 Å². The van der Waals surface area contributed by atoms with E-state index in [0.29, 0.717) is 13.2 Å². The van der Waals surface area contributed by atoms with Crippen molar-refractivity contribution < 1.29 is 9.47 Å². The summed E-state index contributed by atoms with van der Waals surface area (Å²) in [4.78, 5) is 2.17. The Labute approximate surface area is 129 Å². The van der Waals surface area contributed by atoms with Crippen LogP contribution in [0.4, 0.5) is 5.82 Å². The predicted octanol–water partition coefficient (Wildman–Crippen LogP) is 1.13. The fourth-order valence-electron chi connectivity index (χ4n) is 2.67. The maximum Gasteiger partial charge on any atom is 0.176 e. The lowest BCUT2D eigenvalue weighted by Gasteiger charge is -2.33. The molecule has 1 unspecified atom stereocenters. The molecule has 2 aromatic heterocycles. The van der Waals surface area contributed by atoms with Gasteiger partial charge in [-0.2, -0.15) is 5.10 Å². The average molecular weight is 303 g/mol. The molecule has 0 radical (unpaired) electrons. The Bertz CT molecular complexity index is 623. The van der Waals surface area contributed by atoms with Gasteiger partial charge in [0.05, 0.1) is 25.0 Å². The van der Waals surface area contributed by atoms with Gasteiger partial charge in [-0.15, -0.1) is 10.2 Å². The molecule has 118 valence electrons. The lowest BCUT2D eigenvalue weighted by molar-refractivity contribution is -0.0102. The minimum absolute atomic E-state index is 0.0798. The first-order valence-electron chi connectivity index (χ1n) is 7.40. The first-order valence-corrected chi connectivity index (χ1v) is 7.40. The molecule has 0 amide bonds. The maximum absolute atomic E-state index is 5.65. The van der Waals surface area contributed by atoms with E-state index in [9.17, 15) is 0 Å². The number of morpholine rings is 1. The third-order valence-corrected chi connectivity index (χ3v) is 3.68. The number of aryl methyl sites for hydroxylation is 2. The van der Waals surface area contributed by atoms with Gasteiger partial charge in [0.1, 0.15) is 0 Å². The van der Waals surface area contributed by atoms with Gasteiger partial charge in [-0.25, -0.2) is 4.68 Å². The van der Waals surface area contributed by atoms with Crippen molar-refractivity contribution in [1.82, 2.24) is 20.0 Å². The number of anilines is 1. The molecule has 0 saturated carbocycles. The quantitative estimate of drug-likeness (QED) is 0.843. The highest BCUT2D eigenvalue weighted by molar-refractivity contribution is 5.40. The predicted molar refractivity (Wildman–Crippen MR) is 82.5 cm³/mol. The van der Waals surface area contributed by atoms with Crippen molar-refractivity contribution >= 4 is 5.82 Å². The molecule has 1 saturated heterocycles. The maximum atomic E-state index is 5.65. The summed E-state index contributed by atoms with van der Waals surface area (Å²) in [7, 11) is 1.69. The first-order chi connectivity index (χ1) is 10.7. The molecule has 1 aliphatic heterocycles. The molecule has 0 aromatic carbocycles. The van der Waals surface area contributed by atoms with Crippen LogP contribution in [0.3, 0.4) is 0 Å². The number of methoxy groups -OCH3 is 1. The Morgan fingerprint density at radius 2 is 2.05 bits per heavy atom. The van der Waals surface area contributed by atoms with E-state index in [0.717, 1.165) is 36.1 Å². The van der Waals surface area contributed by atoms with Crippen LogP contribution in [0.1, 0.15) is 11.4 Å². The number of hydrogen-bond acceptors (Lipinski definition) is 6. The molecule has 3 rings (SSSR count). The topological polar surface area (TPSA) is 65.3 Å². The van der Waals surface area contributed by atoms with Gasteiger partial charge in [0.2, 0.25) is 0 Å². The summed E-state index contributed by atoms with van der Waals surface area (Å²) in [6.07, 6.45) is 0.0798. The lowest BCUT2D eigenvalue weighted by Crippen LogP contribution is -2.44. The number of ether oxygens (including phenoxy) is 2. The Morgan fingerprint density at radius 1 is 1.27 bits per heavy atom. The van der Waals surface area contributed by atoms with Crippen LogP contribution in [0.5, 0.6) is 0 Å². The van der Waals surface area contributed by atoms with E-state index < -0.39 is 0 Å². The third-order valence-electron chi connectivity index (χ3n) is 3.68. The molecule has 0 aliphatic carbocycles. The van der Waals surface area contributed by atoms with E-state index >= 15 is 0 Å². The lowest BCUT2D eigenvalue weighted by atomic mass is 10.3. The van der Waals surface area contributed by atoms with E-state index in [2.05, 4.69) is 20.2 Å². The summed E-state index contributed by atoms with van der Waals surface area (Å²) in [5, 5.41) is 13.1. The molecule has 0 bridgehead atoms. The van der Waals surface area contributed by atoms with Crippen LogP contribution in [0.2, 0.25) is 0 Å². The molecular weight excluding hydrogens is 282 g/mol. The number of hydrogen-bond donors (Lipinski definition) is 0. The summed E-state index contributed by atoms with van der Waals surface area (Å²) in [6, 6.07) is 5.95. The van der Waals surface area contributed by atoms with Crippen LogP contribution in [-0.2, 0) is 9.47 Å². The number of aromatic nitrogens is 4. The van der Waals surface area contributed by atoms with Gasteiger partial charge in [0.15, 0.2) is 11.6 Å². The van der Waals surface area contributed by atoms with Crippen LogP contribution >= 0.6 is 0 Å². The van der Waals surface area contributed by atoms with Crippen molar-refractivity contribution in [1.29, 1.82) is 0 Å². The molecular formula is C15H21N5O2. The molecule has 1 aliphatic rings. The zero-order chi connectivity index (χ0) is 15.5. The van der Waals surface area contributed by atoms with E-state index in [4.69, 9.17) is 9.47 Å². The average Bonchev–Trinajstić information content (AvgIpc) is 2.87. The molecule has 22 heavy (non-hydrogen) atoms. The van der Waals surface area contributed by atoms with Gasteiger partial charge in [-0.1, -0.05) is 0 Å². The molecule has 0 N–H and O–H groups in total. The smallest absolute Gasteiger partial charge is 0.176 e. The van der Waals surface area contributed by atoms with Gasteiger partial charge < -0.3 is 14.4 Å². The Kier molecular flexibility index (Phi) is 4.35. The van der Waals surface area contributed by atoms with Crippen LogP contribution in [0, 0.1) is 13.8 Å². The zero-order valence-electron chi connectivity index (χ0n) is 13.2. The van der Waals surface area contributed by atoms with Gasteiger partial charge >= 0.3 is 0 Å². The van der Waals surface area contributed by atoms with Crippen molar-refractivity contribution in [3.05, 3.63) is 29.6 Å². The highest BCUT2D eigenvalue weighted by Crippen LogP contribution is 2.16. The SMILES string of the molecule is COCC1CN(c2ccc(-n3nc(C)cc3C)nn2)CCO1. The van der Waals surface area contributed by atoms with Gasteiger partial charge in [0.25, 0.3) is 0 Å². The van der Waals surface area contributed by atoms with E-state index in [1.54, 1.807) is 11.8 Å². The van der Waals surface area contributed by atoms with E-state index in [1.807, 2.05) is 32.0 Å². The Morgan fingerprint density at radius 3 is 2.68 bits per heavy atom. The van der Waals surface area contributed by atoms with E-state index in [1.165, 1.54) is 0 Å². The van der Waals surface area contributed by atoms with Crippen LogP contribution in [-0.4, -0.2) is 59.5 Å². The molecule has 3 heterocycles. The van der Waals surface area contributed by atoms with Gasteiger partial charge in [-0.3, -0.25) is 0 Å². The summed E-state index contributed by atoms with van der Waals surface area (Å²) in [5.41, 5.74) is 2.02. The number of nitrogens with zero attached hydrogens (tertiary/aromatic N) is 5. The summed E-state index contributed by atoms with van der Waals surface area (Å²) >= 11 is 0. The van der Waals surface area contributed by atoms with Crippen molar-refractivity contribution in [3.63, 3.8) is 0 Å². The fourth-order valence-corrected chi connectivity index (χ4v) is 2.67. The monoisotopic (exact) mass is 303 g/mol.